The summed E-state index contributed by atoms with van der Waals surface area (Å²) in [5, 5.41) is 3.08. The molecule has 0 saturated carbocycles. The second-order valence-corrected chi connectivity index (χ2v) is 9.35. The zero-order valence-electron chi connectivity index (χ0n) is 16.9. The first kappa shape index (κ1) is 20.6. The van der Waals surface area contributed by atoms with E-state index < -0.39 is 10.0 Å². The fraction of sp³-hybridized carbons (Fsp3) is 0.364. The van der Waals surface area contributed by atoms with Gasteiger partial charge in [-0.2, -0.15) is 8.42 Å². The lowest BCUT2D eigenvalue weighted by molar-refractivity contribution is -0.917. The van der Waals surface area contributed by atoms with Crippen molar-refractivity contribution in [3.05, 3.63) is 60.2 Å². The van der Waals surface area contributed by atoms with Gasteiger partial charge in [-0.1, -0.05) is 42.5 Å². The molecule has 30 heavy (non-hydrogen) atoms. The van der Waals surface area contributed by atoms with Gasteiger partial charge in [0.05, 0.1) is 31.9 Å². The molecule has 0 spiro atoms. The van der Waals surface area contributed by atoms with Crippen molar-refractivity contribution in [2.75, 3.05) is 31.5 Å². The number of quaternary nitrogens is 1. The fourth-order valence-corrected chi connectivity index (χ4v) is 5.15. The molecular weight excluding hydrogens is 400 g/mol. The van der Waals surface area contributed by atoms with Gasteiger partial charge in [0, 0.05) is 18.4 Å². The molecule has 8 heteroatoms. The molecule has 0 atom stereocenters. The Morgan fingerprint density at radius 2 is 1.73 bits per heavy atom. The van der Waals surface area contributed by atoms with Gasteiger partial charge in [-0.3, -0.25) is 4.79 Å². The van der Waals surface area contributed by atoms with Crippen LogP contribution in [0.25, 0.3) is 0 Å². The molecule has 2 aliphatic rings. The van der Waals surface area contributed by atoms with Crippen LogP contribution in [0.3, 0.4) is 0 Å². The molecule has 1 amide bonds. The summed E-state index contributed by atoms with van der Waals surface area (Å²) in [6, 6.07) is 17.2. The minimum absolute atomic E-state index is 0.133. The van der Waals surface area contributed by atoms with Gasteiger partial charge >= 0.3 is 0 Å². The van der Waals surface area contributed by atoms with E-state index in [9.17, 15) is 13.2 Å². The highest BCUT2D eigenvalue weighted by Gasteiger charge is 2.25. The zero-order valence-corrected chi connectivity index (χ0v) is 17.7. The molecule has 2 aliphatic heterocycles. The van der Waals surface area contributed by atoms with E-state index in [0.29, 0.717) is 30.8 Å². The first-order valence-electron chi connectivity index (χ1n) is 10.4. The number of rotatable bonds is 6. The minimum Gasteiger partial charge on any atom is -0.342 e. The third kappa shape index (κ3) is 4.88. The highest BCUT2D eigenvalue weighted by Crippen LogP contribution is 2.27. The summed E-state index contributed by atoms with van der Waals surface area (Å²) in [5.74, 6) is 0.534. The van der Waals surface area contributed by atoms with Crippen LogP contribution in [-0.2, 0) is 21.4 Å². The van der Waals surface area contributed by atoms with Crippen molar-refractivity contribution < 1.29 is 18.1 Å². The first-order chi connectivity index (χ1) is 14.5. The number of fused-ring (bicyclic) bond motifs is 1. The van der Waals surface area contributed by atoms with Gasteiger partial charge in [-0.15, -0.1) is 4.40 Å². The molecule has 2 N–H and O–H groups in total. The molecule has 0 aromatic heterocycles. The Kier molecular flexibility index (Phi) is 6.15. The lowest BCUT2D eigenvalue weighted by atomic mass is 10.1. The number of sulfonamides is 1. The molecule has 2 aromatic rings. The Labute approximate surface area is 177 Å². The number of carbonyl (C=O) groups excluding carboxylic acids is 1. The second-order valence-electron chi connectivity index (χ2n) is 7.78. The number of hydrogen-bond donors (Lipinski definition) is 2. The van der Waals surface area contributed by atoms with Crippen molar-refractivity contribution in [2.45, 2.75) is 30.7 Å². The number of para-hydroxylation sites is 1. The van der Waals surface area contributed by atoms with E-state index in [1.54, 1.807) is 24.3 Å². The molecular formula is C22H27N4O3S+. The van der Waals surface area contributed by atoms with Crippen molar-refractivity contribution >= 4 is 27.5 Å². The summed E-state index contributed by atoms with van der Waals surface area (Å²) in [7, 11) is -3.67. The zero-order chi connectivity index (χ0) is 21.0. The number of piperazine rings is 1. The van der Waals surface area contributed by atoms with Crippen LogP contribution < -0.4 is 10.2 Å². The van der Waals surface area contributed by atoms with Crippen LogP contribution in [0.4, 0.5) is 5.69 Å². The molecule has 0 bridgehead atoms. The SMILES string of the molecule is O=C(CCCC1=NS(=O)(=O)c2ccccc2N1)N1CC[NH+](Cc2ccccc2)CC1. The van der Waals surface area contributed by atoms with E-state index >= 15 is 0 Å². The topological polar surface area (TPSA) is 83.3 Å². The van der Waals surface area contributed by atoms with Gasteiger partial charge in [0.15, 0.2) is 0 Å². The smallest absolute Gasteiger partial charge is 0.286 e. The Balaban J connectivity index is 1.23. The number of carbonyl (C=O) groups is 1. The lowest BCUT2D eigenvalue weighted by Gasteiger charge is -2.32. The number of hydrogen-bond acceptors (Lipinski definition) is 4. The molecule has 0 radical (unpaired) electrons. The van der Waals surface area contributed by atoms with Crippen LogP contribution in [0, 0.1) is 0 Å². The highest BCUT2D eigenvalue weighted by atomic mass is 32.2. The maximum absolute atomic E-state index is 12.6. The molecule has 2 aromatic carbocycles. The van der Waals surface area contributed by atoms with Gasteiger partial charge in [-0.05, 0) is 18.6 Å². The average Bonchev–Trinajstić information content (AvgIpc) is 2.74. The number of amidine groups is 1. The van der Waals surface area contributed by atoms with Gasteiger partial charge in [0.25, 0.3) is 10.0 Å². The summed E-state index contributed by atoms with van der Waals surface area (Å²) < 4.78 is 28.4. The van der Waals surface area contributed by atoms with Gasteiger partial charge in [-0.25, -0.2) is 0 Å². The second kappa shape index (κ2) is 8.97. The van der Waals surface area contributed by atoms with Crippen molar-refractivity contribution in [3.63, 3.8) is 0 Å². The minimum atomic E-state index is -3.67. The van der Waals surface area contributed by atoms with Crippen molar-refractivity contribution in [3.8, 4) is 0 Å². The van der Waals surface area contributed by atoms with E-state index in [-0.39, 0.29) is 10.8 Å². The maximum Gasteiger partial charge on any atom is 0.286 e. The number of anilines is 1. The monoisotopic (exact) mass is 427 g/mol. The third-order valence-corrected chi connectivity index (χ3v) is 6.97. The summed E-state index contributed by atoms with van der Waals surface area (Å²) in [5.41, 5.74) is 1.87. The summed E-state index contributed by atoms with van der Waals surface area (Å²) in [6.07, 6.45) is 1.40. The predicted molar refractivity (Wildman–Crippen MR) is 116 cm³/mol. The van der Waals surface area contributed by atoms with Gasteiger partial charge in [0.2, 0.25) is 5.91 Å². The quantitative estimate of drug-likeness (QED) is 0.728. The van der Waals surface area contributed by atoms with Crippen molar-refractivity contribution in [1.29, 1.82) is 0 Å². The number of amides is 1. The Bertz CT molecular complexity index is 1030. The normalized spacial score (nSPS) is 18.3. The van der Waals surface area contributed by atoms with Gasteiger partial charge < -0.3 is 15.1 Å². The molecule has 0 unspecified atom stereocenters. The van der Waals surface area contributed by atoms with E-state index in [1.807, 2.05) is 11.0 Å². The molecule has 1 saturated heterocycles. The highest BCUT2D eigenvalue weighted by molar-refractivity contribution is 7.90. The summed E-state index contributed by atoms with van der Waals surface area (Å²) in [4.78, 5) is 16.2. The van der Waals surface area contributed by atoms with Gasteiger partial charge in [0.1, 0.15) is 17.3 Å². The molecule has 158 valence electrons. The number of benzene rings is 2. The van der Waals surface area contributed by atoms with Crippen LogP contribution in [-0.4, -0.2) is 51.2 Å². The number of nitrogens with one attached hydrogen (secondary N) is 2. The molecule has 7 nitrogen and oxygen atoms in total. The van der Waals surface area contributed by atoms with E-state index in [1.165, 1.54) is 10.5 Å². The Hall–Kier alpha value is -2.71. The third-order valence-electron chi connectivity index (χ3n) is 5.60. The standard InChI is InChI=1S/C22H26N4O3S/c27-22(26-15-13-25(14-16-26)17-18-7-2-1-3-8-18)12-6-11-21-23-19-9-4-5-10-20(19)30(28,29)24-21/h1-5,7-10H,6,11-17H2,(H,23,24)/p+1. The van der Waals surface area contributed by atoms with E-state index in [2.05, 4.69) is 34.0 Å². The number of nitrogens with zero attached hydrogens (tertiary/aromatic N) is 2. The van der Waals surface area contributed by atoms with Crippen molar-refractivity contribution in [2.24, 2.45) is 4.40 Å². The van der Waals surface area contributed by atoms with E-state index in [0.717, 1.165) is 32.7 Å². The fourth-order valence-electron chi connectivity index (χ4n) is 3.97. The summed E-state index contributed by atoms with van der Waals surface area (Å²) in [6.45, 7) is 4.42. The molecule has 0 aliphatic carbocycles. The van der Waals surface area contributed by atoms with Crippen LogP contribution in [0.15, 0.2) is 63.9 Å². The Morgan fingerprint density at radius 3 is 2.50 bits per heavy atom. The van der Waals surface area contributed by atoms with Crippen LogP contribution >= 0.6 is 0 Å². The van der Waals surface area contributed by atoms with Crippen LogP contribution in [0.2, 0.25) is 0 Å². The Morgan fingerprint density at radius 1 is 1.03 bits per heavy atom. The maximum atomic E-state index is 12.6. The molecule has 2 heterocycles. The van der Waals surface area contributed by atoms with E-state index in [4.69, 9.17) is 0 Å². The van der Waals surface area contributed by atoms with Crippen LogP contribution in [0.1, 0.15) is 24.8 Å². The molecule has 4 rings (SSSR count). The first-order valence-corrected chi connectivity index (χ1v) is 11.8. The summed E-state index contributed by atoms with van der Waals surface area (Å²) >= 11 is 0. The largest absolute Gasteiger partial charge is 0.342 e. The average molecular weight is 428 g/mol. The van der Waals surface area contributed by atoms with Crippen molar-refractivity contribution in [1.82, 2.24) is 4.90 Å². The van der Waals surface area contributed by atoms with Crippen LogP contribution in [0.5, 0.6) is 0 Å². The lowest BCUT2D eigenvalue weighted by Crippen LogP contribution is -3.13. The predicted octanol–water partition coefficient (Wildman–Crippen LogP) is 1.30. The molecule has 1 fully saturated rings.